The van der Waals surface area contributed by atoms with Crippen LogP contribution in [0.2, 0.25) is 0 Å². The Bertz CT molecular complexity index is 588. The second-order valence-corrected chi connectivity index (χ2v) is 7.51. The van der Waals surface area contributed by atoms with E-state index in [0.717, 1.165) is 70.0 Å². The first-order chi connectivity index (χ1) is 12.5. The number of benzene rings is 1. The van der Waals surface area contributed by atoms with Crippen LogP contribution in [0.3, 0.4) is 0 Å². The van der Waals surface area contributed by atoms with Crippen molar-refractivity contribution in [2.75, 3.05) is 85.4 Å². The lowest BCUT2D eigenvalue weighted by atomic mass is 10.1. The van der Waals surface area contributed by atoms with Gasteiger partial charge in [-0.15, -0.1) is 0 Å². The van der Waals surface area contributed by atoms with Gasteiger partial charge in [0.2, 0.25) is 0 Å². The zero-order valence-electron chi connectivity index (χ0n) is 16.8. The minimum atomic E-state index is 0.795. The fraction of sp³-hybridized carbons (Fsp3) is 0.650. The number of anilines is 1. The van der Waals surface area contributed by atoms with E-state index in [4.69, 9.17) is 0 Å². The number of piperazine rings is 1. The minimum absolute atomic E-state index is 0.795. The number of nitrogens with zero attached hydrogens (tertiary/aromatic N) is 5. The van der Waals surface area contributed by atoms with Crippen LogP contribution in [0, 0.1) is 11.3 Å². The molecule has 0 saturated carbocycles. The smallest absolute Gasteiger partial charge is 0.0995 e. The zero-order valence-corrected chi connectivity index (χ0v) is 16.8. The van der Waals surface area contributed by atoms with Crippen molar-refractivity contribution in [3.63, 3.8) is 0 Å². The number of likely N-dealkylation sites (N-methyl/N-ethyl adjacent to an activating group) is 3. The van der Waals surface area contributed by atoms with E-state index < -0.39 is 0 Å². The summed E-state index contributed by atoms with van der Waals surface area (Å²) in [4.78, 5) is 9.28. The monoisotopic (exact) mass is 358 g/mol. The quantitative estimate of drug-likeness (QED) is 0.708. The van der Waals surface area contributed by atoms with Crippen LogP contribution < -0.4 is 10.2 Å². The van der Waals surface area contributed by atoms with Crippen LogP contribution in [0.25, 0.3) is 0 Å². The molecule has 0 amide bonds. The first kappa shape index (κ1) is 20.7. The predicted molar refractivity (Wildman–Crippen MR) is 109 cm³/mol. The second kappa shape index (κ2) is 10.5. The highest BCUT2D eigenvalue weighted by atomic mass is 15.2. The lowest BCUT2D eigenvalue weighted by Gasteiger charge is -2.28. The Morgan fingerprint density at radius 2 is 1.73 bits per heavy atom. The first-order valence-electron chi connectivity index (χ1n) is 9.50. The van der Waals surface area contributed by atoms with Gasteiger partial charge >= 0.3 is 0 Å². The molecular formula is C20H34N6. The maximum absolute atomic E-state index is 9.45. The molecular weight excluding hydrogens is 324 g/mol. The second-order valence-electron chi connectivity index (χ2n) is 7.51. The van der Waals surface area contributed by atoms with Gasteiger partial charge < -0.3 is 20.0 Å². The zero-order chi connectivity index (χ0) is 18.9. The maximum atomic E-state index is 9.45. The van der Waals surface area contributed by atoms with Crippen LogP contribution in [-0.2, 0) is 6.54 Å². The summed E-state index contributed by atoms with van der Waals surface area (Å²) in [6, 6.07) is 8.59. The van der Waals surface area contributed by atoms with E-state index in [-0.39, 0.29) is 0 Å². The molecule has 0 atom stereocenters. The van der Waals surface area contributed by atoms with Crippen molar-refractivity contribution in [3.05, 3.63) is 29.3 Å². The Kier molecular flexibility index (Phi) is 8.33. The Hall–Kier alpha value is -1.65. The lowest BCUT2D eigenvalue weighted by Crippen LogP contribution is -2.43. The van der Waals surface area contributed by atoms with E-state index in [0.29, 0.717) is 0 Å². The fourth-order valence-corrected chi connectivity index (χ4v) is 3.10. The van der Waals surface area contributed by atoms with Gasteiger partial charge in [0.25, 0.3) is 0 Å². The molecule has 0 radical (unpaired) electrons. The lowest BCUT2D eigenvalue weighted by molar-refractivity contribution is 0.233. The Morgan fingerprint density at radius 3 is 2.38 bits per heavy atom. The van der Waals surface area contributed by atoms with Crippen molar-refractivity contribution in [2.45, 2.75) is 6.54 Å². The normalized spacial score (nSPS) is 15.4. The summed E-state index contributed by atoms with van der Waals surface area (Å²) in [6.45, 7) is 9.15. The molecule has 1 aromatic rings. The molecule has 0 aliphatic carbocycles. The summed E-state index contributed by atoms with van der Waals surface area (Å²) in [7, 11) is 8.52. The summed E-state index contributed by atoms with van der Waals surface area (Å²) in [5, 5.41) is 12.8. The van der Waals surface area contributed by atoms with Crippen LogP contribution in [-0.4, -0.2) is 95.2 Å². The van der Waals surface area contributed by atoms with Gasteiger partial charge in [0, 0.05) is 71.6 Å². The van der Waals surface area contributed by atoms with E-state index in [2.05, 4.69) is 71.3 Å². The van der Waals surface area contributed by atoms with Crippen molar-refractivity contribution in [1.82, 2.24) is 20.0 Å². The van der Waals surface area contributed by atoms with Crippen molar-refractivity contribution in [1.29, 1.82) is 5.26 Å². The highest BCUT2D eigenvalue weighted by Crippen LogP contribution is 2.20. The third-order valence-corrected chi connectivity index (χ3v) is 5.00. The van der Waals surface area contributed by atoms with Crippen LogP contribution in [0.4, 0.5) is 5.69 Å². The Morgan fingerprint density at radius 1 is 1.04 bits per heavy atom. The van der Waals surface area contributed by atoms with Crippen molar-refractivity contribution < 1.29 is 0 Å². The van der Waals surface area contributed by atoms with Crippen LogP contribution in [0.5, 0.6) is 0 Å². The van der Waals surface area contributed by atoms with Gasteiger partial charge in [-0.1, -0.05) is 0 Å². The minimum Gasteiger partial charge on any atom is -0.373 e. The highest BCUT2D eigenvalue weighted by molar-refractivity contribution is 5.53. The molecule has 26 heavy (non-hydrogen) atoms. The van der Waals surface area contributed by atoms with Gasteiger partial charge in [0.1, 0.15) is 0 Å². The van der Waals surface area contributed by atoms with E-state index in [1.165, 1.54) is 5.69 Å². The van der Waals surface area contributed by atoms with Crippen LogP contribution in [0.1, 0.15) is 11.1 Å². The molecule has 0 spiro atoms. The van der Waals surface area contributed by atoms with Gasteiger partial charge in [-0.25, -0.2) is 0 Å². The fourth-order valence-electron chi connectivity index (χ4n) is 3.10. The molecule has 6 heteroatoms. The molecule has 2 rings (SSSR count). The van der Waals surface area contributed by atoms with Crippen molar-refractivity contribution >= 4 is 5.69 Å². The molecule has 0 unspecified atom stereocenters. The number of nitriles is 1. The van der Waals surface area contributed by atoms with E-state index in [9.17, 15) is 5.26 Å². The summed E-state index contributed by atoms with van der Waals surface area (Å²) in [6.07, 6.45) is 0. The van der Waals surface area contributed by atoms with Gasteiger partial charge in [0.05, 0.1) is 11.6 Å². The van der Waals surface area contributed by atoms with E-state index >= 15 is 0 Å². The molecule has 1 heterocycles. The molecule has 144 valence electrons. The summed E-state index contributed by atoms with van der Waals surface area (Å²) >= 11 is 0. The van der Waals surface area contributed by atoms with Crippen LogP contribution in [0.15, 0.2) is 18.2 Å². The van der Waals surface area contributed by atoms with Crippen molar-refractivity contribution in [2.24, 2.45) is 0 Å². The first-order valence-corrected chi connectivity index (χ1v) is 9.50. The maximum Gasteiger partial charge on any atom is 0.0995 e. The van der Waals surface area contributed by atoms with Gasteiger partial charge in [-0.2, -0.15) is 5.26 Å². The van der Waals surface area contributed by atoms with Gasteiger partial charge in [-0.05, 0) is 44.9 Å². The van der Waals surface area contributed by atoms with E-state index in [1.807, 2.05) is 6.07 Å². The Labute approximate surface area is 159 Å². The third kappa shape index (κ3) is 6.58. The molecule has 0 aromatic heterocycles. The standard InChI is InChI=1S/C20H34N6/c1-23(2)11-12-24(3)13-14-25(4)20-6-5-18(16-21)19(15-20)17-26-9-7-22-8-10-26/h5-6,15,22H,7-14,17H2,1-4H3. The average Bonchev–Trinajstić information content (AvgIpc) is 2.65. The number of hydrogen-bond acceptors (Lipinski definition) is 6. The average molecular weight is 359 g/mol. The molecule has 1 fully saturated rings. The van der Waals surface area contributed by atoms with E-state index in [1.54, 1.807) is 0 Å². The topological polar surface area (TPSA) is 48.8 Å². The molecule has 1 N–H and O–H groups in total. The SMILES string of the molecule is CN(C)CCN(C)CCN(C)c1ccc(C#N)c(CN2CCNCC2)c1. The molecule has 6 nitrogen and oxygen atoms in total. The molecule has 1 aliphatic heterocycles. The number of nitrogens with one attached hydrogen (secondary N) is 1. The summed E-state index contributed by atoms with van der Waals surface area (Å²) in [5.41, 5.74) is 3.12. The molecule has 0 bridgehead atoms. The summed E-state index contributed by atoms with van der Waals surface area (Å²) < 4.78 is 0. The predicted octanol–water partition coefficient (Wildman–Crippen LogP) is 0.893. The number of rotatable bonds is 9. The Balaban J connectivity index is 1.95. The van der Waals surface area contributed by atoms with Gasteiger partial charge in [-0.3, -0.25) is 4.90 Å². The molecule has 1 aromatic carbocycles. The number of hydrogen-bond donors (Lipinski definition) is 1. The van der Waals surface area contributed by atoms with Gasteiger partial charge in [0.15, 0.2) is 0 Å². The molecule has 1 aliphatic rings. The highest BCUT2D eigenvalue weighted by Gasteiger charge is 2.14. The van der Waals surface area contributed by atoms with Crippen molar-refractivity contribution in [3.8, 4) is 6.07 Å². The molecule has 1 saturated heterocycles. The summed E-state index contributed by atoms with van der Waals surface area (Å²) in [5.74, 6) is 0. The van der Waals surface area contributed by atoms with Crippen LogP contribution >= 0.6 is 0 Å². The third-order valence-electron chi connectivity index (χ3n) is 5.00. The largest absolute Gasteiger partial charge is 0.373 e.